The molecule has 2 amide bonds. The summed E-state index contributed by atoms with van der Waals surface area (Å²) < 4.78 is 26.9. The SMILES string of the molecule is CCN(CC)C(=O)CCCC(=O)N1CCN(S(=O)(=O)c2ccc(C)cc2)CC1. The molecule has 0 saturated carbocycles. The number of carbonyl (C=O) groups is 2. The minimum Gasteiger partial charge on any atom is -0.343 e. The Kier molecular flexibility index (Phi) is 8.00. The predicted octanol–water partition coefficient (Wildman–Crippen LogP) is 1.87. The molecule has 0 radical (unpaired) electrons. The van der Waals surface area contributed by atoms with Crippen molar-refractivity contribution in [3.05, 3.63) is 29.8 Å². The lowest BCUT2D eigenvalue weighted by molar-refractivity contribution is -0.133. The van der Waals surface area contributed by atoms with Crippen LogP contribution in [0.2, 0.25) is 0 Å². The molecule has 0 unspecified atom stereocenters. The zero-order valence-corrected chi connectivity index (χ0v) is 17.9. The highest BCUT2D eigenvalue weighted by Crippen LogP contribution is 2.18. The van der Waals surface area contributed by atoms with Gasteiger partial charge in [-0.05, 0) is 39.3 Å². The molecule has 1 aliphatic rings. The van der Waals surface area contributed by atoms with Gasteiger partial charge in [0.25, 0.3) is 0 Å². The Morgan fingerprint density at radius 1 is 0.964 bits per heavy atom. The standard InChI is InChI=1S/C20H31N3O4S/c1-4-21(5-2)19(24)7-6-8-20(25)22-13-15-23(16-14-22)28(26,27)18-11-9-17(3)10-12-18/h9-12H,4-8,13-16H2,1-3H3. The number of benzene rings is 1. The van der Waals surface area contributed by atoms with Gasteiger partial charge in [0, 0.05) is 52.1 Å². The molecule has 156 valence electrons. The van der Waals surface area contributed by atoms with Gasteiger partial charge in [0.05, 0.1) is 4.90 Å². The van der Waals surface area contributed by atoms with Crippen LogP contribution in [0, 0.1) is 6.92 Å². The van der Waals surface area contributed by atoms with Gasteiger partial charge in [-0.3, -0.25) is 9.59 Å². The second-order valence-corrected chi connectivity index (χ2v) is 8.96. The van der Waals surface area contributed by atoms with Crippen molar-refractivity contribution in [3.8, 4) is 0 Å². The second-order valence-electron chi connectivity index (χ2n) is 7.02. The molecule has 0 atom stereocenters. The molecule has 0 bridgehead atoms. The lowest BCUT2D eigenvalue weighted by atomic mass is 10.2. The number of amides is 2. The number of hydrogen-bond donors (Lipinski definition) is 0. The van der Waals surface area contributed by atoms with E-state index in [2.05, 4.69) is 0 Å². The number of aryl methyl sites for hydroxylation is 1. The first-order valence-electron chi connectivity index (χ1n) is 9.92. The zero-order chi connectivity index (χ0) is 20.7. The van der Waals surface area contributed by atoms with Gasteiger partial charge in [0.2, 0.25) is 21.8 Å². The van der Waals surface area contributed by atoms with Crippen molar-refractivity contribution in [1.82, 2.24) is 14.1 Å². The largest absolute Gasteiger partial charge is 0.343 e. The summed E-state index contributed by atoms with van der Waals surface area (Å²) in [4.78, 5) is 28.1. The molecule has 0 aromatic heterocycles. The van der Waals surface area contributed by atoms with Crippen molar-refractivity contribution in [3.63, 3.8) is 0 Å². The van der Waals surface area contributed by atoms with Crippen molar-refractivity contribution in [2.45, 2.75) is 44.9 Å². The second kappa shape index (κ2) is 10.0. The fraction of sp³-hybridized carbons (Fsp3) is 0.600. The third kappa shape index (κ3) is 5.54. The Balaban J connectivity index is 1.82. The first kappa shape index (κ1) is 22.4. The van der Waals surface area contributed by atoms with Crippen LogP contribution < -0.4 is 0 Å². The van der Waals surface area contributed by atoms with E-state index in [9.17, 15) is 18.0 Å². The molecule has 0 aliphatic carbocycles. The van der Waals surface area contributed by atoms with E-state index in [0.29, 0.717) is 58.5 Å². The molecule has 28 heavy (non-hydrogen) atoms. The van der Waals surface area contributed by atoms with E-state index in [4.69, 9.17) is 0 Å². The summed E-state index contributed by atoms with van der Waals surface area (Å²) in [6.07, 6.45) is 1.21. The minimum absolute atomic E-state index is 0.0141. The fourth-order valence-corrected chi connectivity index (χ4v) is 4.74. The highest BCUT2D eigenvalue weighted by atomic mass is 32.2. The van der Waals surface area contributed by atoms with E-state index in [1.54, 1.807) is 34.1 Å². The van der Waals surface area contributed by atoms with Crippen molar-refractivity contribution in [2.24, 2.45) is 0 Å². The highest BCUT2D eigenvalue weighted by Gasteiger charge is 2.29. The molecule has 1 heterocycles. The van der Waals surface area contributed by atoms with Gasteiger partial charge in [-0.2, -0.15) is 4.31 Å². The van der Waals surface area contributed by atoms with Crippen LogP contribution in [0.25, 0.3) is 0 Å². The van der Waals surface area contributed by atoms with Gasteiger partial charge in [-0.1, -0.05) is 17.7 Å². The van der Waals surface area contributed by atoms with Gasteiger partial charge in [0.1, 0.15) is 0 Å². The third-order valence-corrected chi connectivity index (χ3v) is 7.06. The highest BCUT2D eigenvalue weighted by molar-refractivity contribution is 7.89. The Morgan fingerprint density at radius 3 is 2.07 bits per heavy atom. The van der Waals surface area contributed by atoms with Crippen molar-refractivity contribution in [2.75, 3.05) is 39.3 Å². The van der Waals surface area contributed by atoms with Crippen molar-refractivity contribution in [1.29, 1.82) is 0 Å². The average Bonchev–Trinajstić information content (AvgIpc) is 2.69. The molecule has 8 heteroatoms. The van der Waals surface area contributed by atoms with Crippen LogP contribution in [0.15, 0.2) is 29.2 Å². The van der Waals surface area contributed by atoms with E-state index in [-0.39, 0.29) is 16.7 Å². The Morgan fingerprint density at radius 2 is 1.54 bits per heavy atom. The zero-order valence-electron chi connectivity index (χ0n) is 17.1. The van der Waals surface area contributed by atoms with Gasteiger partial charge in [0.15, 0.2) is 0 Å². The summed E-state index contributed by atoms with van der Waals surface area (Å²) in [5.41, 5.74) is 1.01. The van der Waals surface area contributed by atoms with Gasteiger partial charge in [-0.15, -0.1) is 0 Å². The minimum atomic E-state index is -3.53. The third-order valence-electron chi connectivity index (χ3n) is 5.15. The molecule has 1 saturated heterocycles. The summed E-state index contributed by atoms with van der Waals surface area (Å²) in [6, 6.07) is 6.81. The van der Waals surface area contributed by atoms with Crippen LogP contribution >= 0.6 is 0 Å². The molecular formula is C20H31N3O4S. The first-order valence-corrected chi connectivity index (χ1v) is 11.4. The normalized spacial score (nSPS) is 15.5. The van der Waals surface area contributed by atoms with Crippen LogP contribution in [0.3, 0.4) is 0 Å². The number of nitrogens with zero attached hydrogens (tertiary/aromatic N) is 3. The van der Waals surface area contributed by atoms with Crippen LogP contribution in [0.5, 0.6) is 0 Å². The van der Waals surface area contributed by atoms with Crippen LogP contribution in [0.1, 0.15) is 38.7 Å². The molecule has 2 rings (SSSR count). The number of carbonyl (C=O) groups excluding carboxylic acids is 2. The maximum absolute atomic E-state index is 12.7. The fourth-order valence-electron chi connectivity index (χ4n) is 3.32. The van der Waals surface area contributed by atoms with Crippen LogP contribution in [-0.2, 0) is 19.6 Å². The summed E-state index contributed by atoms with van der Waals surface area (Å²) in [7, 11) is -3.53. The molecule has 1 aromatic rings. The average molecular weight is 410 g/mol. The topological polar surface area (TPSA) is 78.0 Å². The lowest BCUT2D eigenvalue weighted by Gasteiger charge is -2.34. The number of hydrogen-bond acceptors (Lipinski definition) is 4. The summed E-state index contributed by atoms with van der Waals surface area (Å²) in [5, 5.41) is 0. The lowest BCUT2D eigenvalue weighted by Crippen LogP contribution is -2.50. The molecule has 1 aliphatic heterocycles. The Hall–Kier alpha value is -1.93. The van der Waals surface area contributed by atoms with Crippen molar-refractivity contribution < 1.29 is 18.0 Å². The smallest absolute Gasteiger partial charge is 0.243 e. The van der Waals surface area contributed by atoms with E-state index in [1.165, 1.54) is 4.31 Å². The Labute approximate surface area is 168 Å². The summed E-state index contributed by atoms with van der Waals surface area (Å²) in [5.74, 6) is 0.0616. The molecule has 1 fully saturated rings. The van der Waals surface area contributed by atoms with E-state index >= 15 is 0 Å². The van der Waals surface area contributed by atoms with E-state index in [0.717, 1.165) is 5.56 Å². The van der Waals surface area contributed by atoms with Gasteiger partial charge in [-0.25, -0.2) is 8.42 Å². The molecule has 1 aromatic carbocycles. The molecule has 7 nitrogen and oxygen atoms in total. The Bertz CT molecular complexity index is 765. The predicted molar refractivity (Wildman–Crippen MR) is 108 cm³/mol. The molecular weight excluding hydrogens is 378 g/mol. The maximum Gasteiger partial charge on any atom is 0.243 e. The van der Waals surface area contributed by atoms with Crippen LogP contribution in [-0.4, -0.2) is 73.6 Å². The maximum atomic E-state index is 12.7. The van der Waals surface area contributed by atoms with Gasteiger partial charge >= 0.3 is 0 Å². The van der Waals surface area contributed by atoms with E-state index in [1.807, 2.05) is 20.8 Å². The van der Waals surface area contributed by atoms with Crippen molar-refractivity contribution >= 4 is 21.8 Å². The monoisotopic (exact) mass is 409 g/mol. The van der Waals surface area contributed by atoms with Gasteiger partial charge < -0.3 is 9.80 Å². The number of rotatable bonds is 8. The molecule has 0 N–H and O–H groups in total. The number of sulfonamides is 1. The van der Waals surface area contributed by atoms with E-state index < -0.39 is 10.0 Å². The number of piperazine rings is 1. The quantitative estimate of drug-likeness (QED) is 0.657. The van der Waals surface area contributed by atoms with Crippen LogP contribution in [0.4, 0.5) is 0 Å². The first-order chi connectivity index (χ1) is 13.3. The summed E-state index contributed by atoms with van der Waals surface area (Å²) >= 11 is 0. The summed E-state index contributed by atoms with van der Waals surface area (Å²) in [6.45, 7) is 8.51. The molecule has 0 spiro atoms.